The lowest BCUT2D eigenvalue weighted by atomic mass is 10.1. The average Bonchev–Trinajstić information content (AvgIpc) is 3.57. The van der Waals surface area contributed by atoms with E-state index in [-0.39, 0.29) is 11.8 Å². The molecule has 1 aliphatic carbocycles. The molecule has 0 atom stereocenters. The van der Waals surface area contributed by atoms with Crippen molar-refractivity contribution in [3.63, 3.8) is 0 Å². The Kier molecular flexibility index (Phi) is 6.79. The molecule has 0 radical (unpaired) electrons. The van der Waals surface area contributed by atoms with Crippen molar-refractivity contribution < 1.29 is 9.13 Å². The third-order valence-corrected chi connectivity index (χ3v) is 6.96. The molecule has 9 heteroatoms. The fraction of sp³-hybridized carbons (Fsp3) is 0.267. The number of allylic oxidation sites excluding steroid dienone is 2. The standard InChI is InChI=1S/C30H30FN7O/c1-3-6-21-17-25(33-19-21)34-26-18-28(38-13-11-37(12-14-38)27-7-4-5-10-32-27)36-30(35-26)39-24-9-8-22-15-20(2)16-23(22)29(24)31/h3-10,16-18H,11-15,19H2,1-2H3,(H,33,34,35,36)/b6-3+. The number of benzene rings is 1. The van der Waals surface area contributed by atoms with E-state index in [9.17, 15) is 0 Å². The Morgan fingerprint density at radius 3 is 2.59 bits per heavy atom. The van der Waals surface area contributed by atoms with Gasteiger partial charge in [0.15, 0.2) is 11.6 Å². The molecular formula is C30H30FN7O. The molecule has 1 fully saturated rings. The molecule has 0 amide bonds. The van der Waals surface area contributed by atoms with Crippen molar-refractivity contribution in [1.82, 2.24) is 15.0 Å². The number of halogens is 1. The Bertz CT molecular complexity index is 1510. The second-order valence-electron chi connectivity index (χ2n) is 9.82. The third-order valence-electron chi connectivity index (χ3n) is 6.96. The zero-order valence-electron chi connectivity index (χ0n) is 22.1. The normalized spacial score (nSPS) is 16.7. The van der Waals surface area contributed by atoms with Gasteiger partial charge in [0.2, 0.25) is 0 Å². The molecule has 198 valence electrons. The van der Waals surface area contributed by atoms with Gasteiger partial charge < -0.3 is 19.9 Å². The molecule has 1 saturated heterocycles. The second-order valence-corrected chi connectivity index (χ2v) is 9.82. The molecule has 0 bridgehead atoms. The average molecular weight is 524 g/mol. The van der Waals surface area contributed by atoms with Crippen LogP contribution in [-0.2, 0) is 6.42 Å². The van der Waals surface area contributed by atoms with Crippen LogP contribution < -0.4 is 19.9 Å². The molecule has 0 spiro atoms. The molecule has 2 aromatic heterocycles. The van der Waals surface area contributed by atoms with E-state index in [0.29, 0.717) is 29.6 Å². The number of amidine groups is 1. The molecule has 39 heavy (non-hydrogen) atoms. The first-order valence-electron chi connectivity index (χ1n) is 13.2. The van der Waals surface area contributed by atoms with E-state index in [4.69, 9.17) is 4.74 Å². The zero-order valence-corrected chi connectivity index (χ0v) is 22.1. The number of nitrogens with zero attached hydrogens (tertiary/aromatic N) is 6. The third kappa shape index (κ3) is 5.38. The van der Waals surface area contributed by atoms with Crippen molar-refractivity contribution in [2.24, 2.45) is 4.99 Å². The van der Waals surface area contributed by atoms with Crippen LogP contribution in [-0.4, -0.2) is 53.5 Å². The fourth-order valence-electron chi connectivity index (χ4n) is 5.05. The van der Waals surface area contributed by atoms with Gasteiger partial charge in [0, 0.05) is 44.0 Å². The minimum absolute atomic E-state index is 0.0796. The first-order valence-corrected chi connectivity index (χ1v) is 13.2. The van der Waals surface area contributed by atoms with Gasteiger partial charge in [-0.3, -0.25) is 4.99 Å². The van der Waals surface area contributed by atoms with Crippen molar-refractivity contribution in [1.29, 1.82) is 0 Å². The van der Waals surface area contributed by atoms with Crippen LogP contribution in [0.4, 0.5) is 21.8 Å². The van der Waals surface area contributed by atoms with Crippen LogP contribution in [0.15, 0.2) is 77.0 Å². The number of fused-ring (bicyclic) bond motifs is 1. The summed E-state index contributed by atoms with van der Waals surface area (Å²) in [5, 5.41) is 3.29. The Hall–Kier alpha value is -4.53. The Balaban J connectivity index is 1.27. The van der Waals surface area contributed by atoms with Crippen LogP contribution in [0.2, 0.25) is 0 Å². The van der Waals surface area contributed by atoms with Crippen LogP contribution >= 0.6 is 0 Å². The van der Waals surface area contributed by atoms with Crippen molar-refractivity contribution in [3.05, 3.63) is 88.9 Å². The highest BCUT2D eigenvalue weighted by molar-refractivity contribution is 6.05. The van der Waals surface area contributed by atoms with E-state index in [2.05, 4.69) is 35.1 Å². The SMILES string of the molecule is C/C=C/C1=CC(Nc2cc(N3CCN(c4ccccn4)CC3)nc(Oc3ccc4c(c3F)C=C(C)C4)n2)=NC1. The van der Waals surface area contributed by atoms with Gasteiger partial charge in [-0.2, -0.15) is 9.97 Å². The predicted octanol–water partition coefficient (Wildman–Crippen LogP) is 5.42. The van der Waals surface area contributed by atoms with Crippen LogP contribution in [0, 0.1) is 5.82 Å². The number of rotatable bonds is 6. The molecule has 0 saturated carbocycles. The van der Waals surface area contributed by atoms with Crippen molar-refractivity contribution in [3.8, 4) is 11.8 Å². The van der Waals surface area contributed by atoms with E-state index in [0.717, 1.165) is 55.1 Å². The minimum atomic E-state index is -0.393. The first kappa shape index (κ1) is 24.8. The van der Waals surface area contributed by atoms with Gasteiger partial charge >= 0.3 is 6.01 Å². The lowest BCUT2D eigenvalue weighted by Gasteiger charge is -2.36. The Labute approximate surface area is 227 Å². The topological polar surface area (TPSA) is 78.8 Å². The first-order chi connectivity index (χ1) is 19.1. The molecule has 4 heterocycles. The summed E-state index contributed by atoms with van der Waals surface area (Å²) in [5.74, 6) is 2.63. The molecule has 3 aromatic rings. The highest BCUT2D eigenvalue weighted by Crippen LogP contribution is 2.34. The highest BCUT2D eigenvalue weighted by atomic mass is 19.1. The number of aromatic nitrogens is 3. The number of hydrogen-bond donors (Lipinski definition) is 1. The van der Waals surface area contributed by atoms with E-state index < -0.39 is 5.82 Å². The van der Waals surface area contributed by atoms with Gasteiger partial charge in [-0.1, -0.05) is 35.9 Å². The summed E-state index contributed by atoms with van der Waals surface area (Å²) in [5.41, 5.74) is 3.77. The van der Waals surface area contributed by atoms with Gasteiger partial charge in [-0.25, -0.2) is 9.37 Å². The maximum atomic E-state index is 15.3. The van der Waals surface area contributed by atoms with Gasteiger partial charge in [-0.05, 0) is 55.7 Å². The van der Waals surface area contributed by atoms with Gasteiger partial charge in [0.1, 0.15) is 23.3 Å². The van der Waals surface area contributed by atoms with E-state index in [1.807, 2.05) is 74.7 Å². The van der Waals surface area contributed by atoms with Crippen LogP contribution in [0.25, 0.3) is 6.08 Å². The second kappa shape index (κ2) is 10.7. The molecule has 6 rings (SSSR count). The number of nitrogens with one attached hydrogen (secondary N) is 1. The van der Waals surface area contributed by atoms with Crippen molar-refractivity contribution in [2.45, 2.75) is 20.3 Å². The maximum Gasteiger partial charge on any atom is 0.326 e. The molecule has 3 aliphatic rings. The van der Waals surface area contributed by atoms with Crippen LogP contribution in [0.3, 0.4) is 0 Å². The molecule has 1 aromatic carbocycles. The number of piperazine rings is 1. The maximum absolute atomic E-state index is 15.3. The van der Waals surface area contributed by atoms with Gasteiger partial charge in [0.25, 0.3) is 0 Å². The Morgan fingerprint density at radius 2 is 1.82 bits per heavy atom. The van der Waals surface area contributed by atoms with E-state index in [1.54, 1.807) is 6.07 Å². The smallest absolute Gasteiger partial charge is 0.326 e. The lowest BCUT2D eigenvalue weighted by molar-refractivity contribution is 0.410. The number of ether oxygens (including phenoxy) is 1. The summed E-state index contributed by atoms with van der Waals surface area (Å²) < 4.78 is 21.3. The minimum Gasteiger partial charge on any atom is -0.421 e. The Morgan fingerprint density at radius 1 is 1.00 bits per heavy atom. The molecule has 8 nitrogen and oxygen atoms in total. The summed E-state index contributed by atoms with van der Waals surface area (Å²) in [6, 6.07) is 11.5. The molecule has 0 unspecified atom stereocenters. The summed E-state index contributed by atoms with van der Waals surface area (Å²) in [6.45, 7) is 7.68. The van der Waals surface area contributed by atoms with Crippen LogP contribution in [0.1, 0.15) is 25.0 Å². The zero-order chi connectivity index (χ0) is 26.8. The predicted molar refractivity (Wildman–Crippen MR) is 153 cm³/mol. The summed E-state index contributed by atoms with van der Waals surface area (Å²) >= 11 is 0. The number of pyridine rings is 1. The number of aliphatic imine (C=N–C) groups is 1. The fourth-order valence-corrected chi connectivity index (χ4v) is 5.05. The van der Waals surface area contributed by atoms with Crippen molar-refractivity contribution in [2.75, 3.05) is 47.8 Å². The molecule has 1 N–H and O–H groups in total. The van der Waals surface area contributed by atoms with Gasteiger partial charge in [-0.15, -0.1) is 0 Å². The monoisotopic (exact) mass is 523 g/mol. The number of anilines is 3. The molecular weight excluding hydrogens is 493 g/mol. The largest absolute Gasteiger partial charge is 0.421 e. The van der Waals surface area contributed by atoms with Gasteiger partial charge in [0.05, 0.1) is 6.54 Å². The number of hydrogen-bond acceptors (Lipinski definition) is 8. The van der Waals surface area contributed by atoms with E-state index >= 15 is 4.39 Å². The van der Waals surface area contributed by atoms with E-state index in [1.165, 1.54) is 0 Å². The summed E-state index contributed by atoms with van der Waals surface area (Å²) in [4.78, 5) is 22.7. The van der Waals surface area contributed by atoms with Crippen molar-refractivity contribution >= 4 is 29.4 Å². The van der Waals surface area contributed by atoms with Crippen LogP contribution in [0.5, 0.6) is 11.8 Å². The summed E-state index contributed by atoms with van der Waals surface area (Å²) in [6.07, 6.45) is 10.4. The summed E-state index contributed by atoms with van der Waals surface area (Å²) in [7, 11) is 0. The quantitative estimate of drug-likeness (QED) is 0.463. The highest BCUT2D eigenvalue weighted by Gasteiger charge is 2.23. The lowest BCUT2D eigenvalue weighted by Crippen LogP contribution is -2.47. The molecule has 2 aliphatic heterocycles.